The van der Waals surface area contributed by atoms with E-state index in [0.29, 0.717) is 24.9 Å². The van der Waals surface area contributed by atoms with E-state index in [-0.39, 0.29) is 47.3 Å². The highest BCUT2D eigenvalue weighted by molar-refractivity contribution is 5.75. The molecule has 2 aliphatic rings. The zero-order valence-electron chi connectivity index (χ0n) is 22.2. The summed E-state index contributed by atoms with van der Waals surface area (Å²) in [5.74, 6) is 0.135. The fraction of sp³-hybridized carbons (Fsp3) is 0.577. The van der Waals surface area contributed by atoms with Crippen LogP contribution in [-0.4, -0.2) is 63.8 Å². The van der Waals surface area contributed by atoms with Crippen LogP contribution in [0.25, 0.3) is 0 Å². The zero-order chi connectivity index (χ0) is 28.7. The molecule has 1 aromatic heterocycles. The maximum atomic E-state index is 12.7. The average molecular weight is 566 g/mol. The number of aromatic nitrogens is 2. The number of nitro groups is 1. The van der Waals surface area contributed by atoms with Crippen LogP contribution >= 0.6 is 0 Å². The molecule has 0 bridgehead atoms. The lowest BCUT2D eigenvalue weighted by Gasteiger charge is -2.34. The molecule has 1 atom stereocenters. The first-order valence-corrected chi connectivity index (χ1v) is 13.5. The Labute approximate surface area is 230 Å². The third-order valence-corrected chi connectivity index (χ3v) is 7.40. The molecule has 0 radical (unpaired) electrons. The predicted molar refractivity (Wildman–Crippen MR) is 142 cm³/mol. The summed E-state index contributed by atoms with van der Waals surface area (Å²) in [5, 5.41) is 20.6. The highest BCUT2D eigenvalue weighted by Crippen LogP contribution is 2.31. The Hall–Kier alpha value is -3.68. The summed E-state index contributed by atoms with van der Waals surface area (Å²) >= 11 is 0. The molecule has 40 heavy (non-hydrogen) atoms. The lowest BCUT2D eigenvalue weighted by atomic mass is 9.85. The van der Waals surface area contributed by atoms with Crippen molar-refractivity contribution in [1.82, 2.24) is 20.2 Å². The van der Waals surface area contributed by atoms with Gasteiger partial charge in [-0.1, -0.05) is 25.1 Å². The van der Waals surface area contributed by atoms with E-state index in [4.69, 9.17) is 0 Å². The maximum Gasteiger partial charge on any atom is 0.573 e. The number of alkyl halides is 3. The number of hydrogen-bond donors (Lipinski definition) is 3. The van der Waals surface area contributed by atoms with Crippen LogP contribution in [0.15, 0.2) is 30.5 Å². The molecule has 2 fully saturated rings. The average Bonchev–Trinajstić information content (AvgIpc) is 3.39. The van der Waals surface area contributed by atoms with Gasteiger partial charge in [0.15, 0.2) is 0 Å². The number of nitrogens with one attached hydrogen (secondary N) is 3. The maximum absolute atomic E-state index is 12.7. The van der Waals surface area contributed by atoms with E-state index in [1.165, 1.54) is 18.2 Å². The van der Waals surface area contributed by atoms with Crippen molar-refractivity contribution in [3.05, 3.63) is 46.1 Å². The number of anilines is 2. The van der Waals surface area contributed by atoms with E-state index >= 15 is 0 Å². The van der Waals surface area contributed by atoms with Gasteiger partial charge in [-0.15, -0.1) is 13.2 Å². The minimum Gasteiger partial charge on any atom is -0.405 e. The molecule has 11 nitrogen and oxygen atoms in total. The highest BCUT2D eigenvalue weighted by atomic mass is 19.4. The second kappa shape index (κ2) is 13.1. The van der Waals surface area contributed by atoms with Crippen molar-refractivity contribution in [2.75, 3.05) is 30.3 Å². The van der Waals surface area contributed by atoms with Crippen molar-refractivity contribution < 1.29 is 27.6 Å². The molecule has 14 heteroatoms. The molecule has 1 saturated carbocycles. The number of carbonyl (C=O) groups excluding carboxylic acids is 1. The molecule has 1 aromatic carbocycles. The van der Waals surface area contributed by atoms with Crippen LogP contribution < -0.4 is 20.7 Å². The molecule has 1 aliphatic heterocycles. The Morgan fingerprint density at radius 1 is 1.18 bits per heavy atom. The molecule has 0 spiro atoms. The minimum atomic E-state index is -4.83. The van der Waals surface area contributed by atoms with Gasteiger partial charge in [0.25, 0.3) is 0 Å². The van der Waals surface area contributed by atoms with Crippen molar-refractivity contribution in [2.45, 2.75) is 70.4 Å². The zero-order valence-corrected chi connectivity index (χ0v) is 22.2. The Morgan fingerprint density at radius 3 is 2.62 bits per heavy atom. The first kappa shape index (κ1) is 29.3. The quantitative estimate of drug-likeness (QED) is 0.267. The molecule has 1 unspecified atom stereocenters. The molecular formula is C26H34F3N7O4. The second-order valence-electron chi connectivity index (χ2n) is 10.2. The number of halogens is 3. The molecule has 1 amide bonds. The van der Waals surface area contributed by atoms with E-state index in [0.717, 1.165) is 51.4 Å². The van der Waals surface area contributed by atoms with E-state index in [1.807, 2.05) is 6.92 Å². The van der Waals surface area contributed by atoms with Gasteiger partial charge in [0.2, 0.25) is 17.7 Å². The number of amides is 1. The summed E-state index contributed by atoms with van der Waals surface area (Å²) in [6.07, 6.45) is 1.63. The van der Waals surface area contributed by atoms with E-state index in [2.05, 4.69) is 35.6 Å². The van der Waals surface area contributed by atoms with Gasteiger partial charge in [0.05, 0.1) is 4.92 Å². The lowest BCUT2D eigenvalue weighted by molar-refractivity contribution is -0.384. The summed E-state index contributed by atoms with van der Waals surface area (Å²) in [6.45, 7) is 4.11. The molecular weight excluding hydrogens is 531 g/mol. The Bertz CT molecular complexity index is 1180. The van der Waals surface area contributed by atoms with Gasteiger partial charge in [-0.2, -0.15) is 4.98 Å². The minimum absolute atomic E-state index is 0.0392. The molecule has 2 heterocycles. The number of carbonyl (C=O) groups is 1. The summed E-state index contributed by atoms with van der Waals surface area (Å²) < 4.78 is 42.2. The molecule has 1 aliphatic carbocycles. The number of nitrogens with zero attached hydrogens (tertiary/aromatic N) is 4. The van der Waals surface area contributed by atoms with Crippen molar-refractivity contribution in [1.29, 1.82) is 0 Å². The Balaban J connectivity index is 1.30. The first-order valence-electron chi connectivity index (χ1n) is 13.5. The molecule has 3 N–H and O–H groups in total. The lowest BCUT2D eigenvalue weighted by Crippen LogP contribution is -2.41. The van der Waals surface area contributed by atoms with Crippen LogP contribution in [0.3, 0.4) is 0 Å². The number of ether oxygens (including phenoxy) is 1. The predicted octanol–water partition coefficient (Wildman–Crippen LogP) is 4.47. The van der Waals surface area contributed by atoms with Crippen LogP contribution in [0.2, 0.25) is 0 Å². The monoisotopic (exact) mass is 565 g/mol. The number of hydrogen-bond acceptors (Lipinski definition) is 9. The summed E-state index contributed by atoms with van der Waals surface area (Å²) in [4.78, 5) is 33.3. The third-order valence-electron chi connectivity index (χ3n) is 7.40. The summed E-state index contributed by atoms with van der Waals surface area (Å²) in [6, 6.07) is 6.35. The molecule has 4 rings (SSSR count). The molecule has 218 valence electrons. The van der Waals surface area contributed by atoms with Gasteiger partial charge >= 0.3 is 12.0 Å². The number of benzene rings is 1. The molecule has 1 saturated heterocycles. The SMILES string of the molecule is CCC(=O)NC1CCN(C2CCC(CNc3nc(NCc4ccccc4OC(F)(F)F)ncc3[N+](=O)[O-])CC2)C1. The van der Waals surface area contributed by atoms with E-state index in [9.17, 15) is 28.1 Å². The van der Waals surface area contributed by atoms with Gasteiger partial charge < -0.3 is 20.7 Å². The number of para-hydroxylation sites is 1. The molecule has 2 aromatic rings. The van der Waals surface area contributed by atoms with Crippen molar-refractivity contribution in [3.8, 4) is 5.75 Å². The Kier molecular flexibility index (Phi) is 9.61. The topological polar surface area (TPSA) is 135 Å². The fourth-order valence-corrected chi connectivity index (χ4v) is 5.29. The second-order valence-corrected chi connectivity index (χ2v) is 10.2. The van der Waals surface area contributed by atoms with Crippen LogP contribution in [0, 0.1) is 16.0 Å². The first-order chi connectivity index (χ1) is 19.1. The van der Waals surface area contributed by atoms with Gasteiger partial charge in [-0.25, -0.2) is 4.98 Å². The van der Waals surface area contributed by atoms with E-state index in [1.54, 1.807) is 6.07 Å². The standard InChI is InChI=1S/C26H34F3N7O4/c1-2-23(37)33-19-11-12-35(16-19)20-9-7-17(8-10-20)13-30-24-21(36(38)39)15-32-25(34-24)31-14-18-5-3-4-6-22(18)40-26(27,28)29/h3-6,15,17,19-20H,2,7-14,16H2,1H3,(H,33,37)(H2,30,31,32,34). The van der Waals surface area contributed by atoms with Gasteiger partial charge in [-0.05, 0) is 44.1 Å². The van der Waals surface area contributed by atoms with Crippen molar-refractivity contribution in [3.63, 3.8) is 0 Å². The summed E-state index contributed by atoms with van der Waals surface area (Å²) in [7, 11) is 0. The van der Waals surface area contributed by atoms with Crippen molar-refractivity contribution in [2.24, 2.45) is 5.92 Å². The van der Waals surface area contributed by atoms with Crippen molar-refractivity contribution >= 4 is 23.4 Å². The van der Waals surface area contributed by atoms with Crippen LogP contribution in [-0.2, 0) is 11.3 Å². The van der Waals surface area contributed by atoms with Gasteiger partial charge in [0.1, 0.15) is 11.9 Å². The normalized spacial score (nSPS) is 21.6. The number of likely N-dealkylation sites (tertiary alicyclic amines) is 1. The smallest absolute Gasteiger partial charge is 0.405 e. The van der Waals surface area contributed by atoms with Crippen LogP contribution in [0.5, 0.6) is 5.75 Å². The van der Waals surface area contributed by atoms with Crippen LogP contribution in [0.1, 0.15) is 51.0 Å². The van der Waals surface area contributed by atoms with Crippen LogP contribution in [0.4, 0.5) is 30.6 Å². The van der Waals surface area contributed by atoms with Gasteiger partial charge in [-0.3, -0.25) is 19.8 Å². The van der Waals surface area contributed by atoms with E-state index < -0.39 is 11.3 Å². The van der Waals surface area contributed by atoms with Gasteiger partial charge in [0, 0.05) is 50.2 Å². The fourth-order valence-electron chi connectivity index (χ4n) is 5.29. The highest BCUT2D eigenvalue weighted by Gasteiger charge is 2.33. The Morgan fingerprint density at radius 2 is 1.93 bits per heavy atom. The number of rotatable bonds is 11. The largest absolute Gasteiger partial charge is 0.573 e. The summed E-state index contributed by atoms with van der Waals surface area (Å²) in [5.41, 5.74) is -0.0533. The third kappa shape index (κ3) is 8.16.